The molecule has 0 saturated heterocycles. The van der Waals surface area contributed by atoms with E-state index < -0.39 is 0 Å². The van der Waals surface area contributed by atoms with Crippen LogP contribution < -0.4 is 20.7 Å². The van der Waals surface area contributed by atoms with E-state index in [1.165, 1.54) is 0 Å². The number of para-hydroxylation sites is 1. The summed E-state index contributed by atoms with van der Waals surface area (Å²) in [6.45, 7) is 0.916. The summed E-state index contributed by atoms with van der Waals surface area (Å²) in [5.41, 5.74) is 11.2. The van der Waals surface area contributed by atoms with Gasteiger partial charge in [-0.15, -0.1) is 0 Å². The number of hydrogen-bond donors (Lipinski definition) is 2. The van der Waals surface area contributed by atoms with Crippen LogP contribution in [0, 0.1) is 0 Å². The van der Waals surface area contributed by atoms with E-state index in [-0.39, 0.29) is 5.91 Å². The van der Waals surface area contributed by atoms with Crippen molar-refractivity contribution in [3.8, 4) is 5.75 Å². The van der Waals surface area contributed by atoms with Crippen LogP contribution in [0.15, 0.2) is 72.8 Å². The van der Waals surface area contributed by atoms with Gasteiger partial charge >= 0.3 is 0 Å². The average Bonchev–Trinajstić information content (AvgIpc) is 3.20. The molecular formula is C27H28N4O2S. The van der Waals surface area contributed by atoms with Crippen LogP contribution in [0.2, 0.25) is 0 Å². The lowest BCUT2D eigenvalue weighted by Gasteiger charge is -2.18. The molecule has 1 heterocycles. The standard InChI is InChI=1S/C27H28N4O2S/c1-30(2)23-10-5-4-8-21(23)16-29-27(32)25-14-19-11-12-22(33-3)15-24(19)31(25)17-18-7-6-9-20(13-18)26(28)34/h4-15H,16-17H2,1-3H3,(H2,28,34)(H,29,32). The first-order valence-electron chi connectivity index (χ1n) is 11.0. The number of hydrogen-bond acceptors (Lipinski definition) is 4. The molecule has 6 nitrogen and oxygen atoms in total. The van der Waals surface area contributed by atoms with E-state index in [2.05, 4.69) is 5.32 Å². The van der Waals surface area contributed by atoms with Crippen molar-refractivity contribution in [3.05, 3.63) is 95.2 Å². The maximum absolute atomic E-state index is 13.4. The lowest BCUT2D eigenvalue weighted by atomic mass is 10.1. The molecule has 4 aromatic rings. The lowest BCUT2D eigenvalue weighted by Crippen LogP contribution is -2.26. The molecule has 0 fully saturated rings. The zero-order valence-electron chi connectivity index (χ0n) is 19.5. The summed E-state index contributed by atoms with van der Waals surface area (Å²) in [5.74, 6) is 0.588. The first-order valence-corrected chi connectivity index (χ1v) is 11.4. The number of rotatable bonds is 8. The Bertz CT molecular complexity index is 1360. The summed E-state index contributed by atoms with van der Waals surface area (Å²) in [6, 6.07) is 23.5. The van der Waals surface area contributed by atoms with Gasteiger partial charge < -0.3 is 25.3 Å². The van der Waals surface area contributed by atoms with Crippen molar-refractivity contribution in [2.24, 2.45) is 5.73 Å². The Balaban J connectivity index is 1.70. The highest BCUT2D eigenvalue weighted by molar-refractivity contribution is 7.80. The molecule has 0 unspecified atom stereocenters. The summed E-state index contributed by atoms with van der Waals surface area (Å²) in [5, 5.41) is 4.06. The highest BCUT2D eigenvalue weighted by atomic mass is 32.1. The molecule has 1 amide bonds. The van der Waals surface area contributed by atoms with Gasteiger partial charge in [0.15, 0.2) is 0 Å². The van der Waals surface area contributed by atoms with Crippen molar-refractivity contribution in [2.45, 2.75) is 13.1 Å². The van der Waals surface area contributed by atoms with Crippen molar-refractivity contribution in [1.29, 1.82) is 0 Å². The first-order chi connectivity index (χ1) is 16.4. The molecule has 0 atom stereocenters. The second-order valence-electron chi connectivity index (χ2n) is 8.31. The van der Waals surface area contributed by atoms with Gasteiger partial charge in [0.25, 0.3) is 5.91 Å². The number of amides is 1. The fourth-order valence-corrected chi connectivity index (χ4v) is 4.21. The minimum Gasteiger partial charge on any atom is -0.497 e. The number of carbonyl (C=O) groups excluding carboxylic acids is 1. The van der Waals surface area contributed by atoms with Crippen molar-refractivity contribution < 1.29 is 9.53 Å². The molecule has 34 heavy (non-hydrogen) atoms. The second kappa shape index (κ2) is 9.97. The molecule has 0 spiro atoms. The highest BCUT2D eigenvalue weighted by Crippen LogP contribution is 2.26. The molecule has 174 valence electrons. The third kappa shape index (κ3) is 4.89. The molecule has 0 bridgehead atoms. The minimum atomic E-state index is -0.144. The van der Waals surface area contributed by atoms with E-state index in [0.717, 1.165) is 39.0 Å². The summed E-state index contributed by atoms with van der Waals surface area (Å²) in [4.78, 5) is 15.8. The van der Waals surface area contributed by atoms with Crippen LogP contribution in [-0.2, 0) is 13.1 Å². The summed E-state index contributed by atoms with van der Waals surface area (Å²) >= 11 is 5.14. The number of benzene rings is 3. The maximum atomic E-state index is 13.4. The molecule has 0 aliphatic carbocycles. The van der Waals surface area contributed by atoms with E-state index in [1.54, 1.807) is 7.11 Å². The zero-order valence-corrected chi connectivity index (χ0v) is 20.4. The number of nitrogens with one attached hydrogen (secondary N) is 1. The highest BCUT2D eigenvalue weighted by Gasteiger charge is 2.17. The first kappa shape index (κ1) is 23.3. The van der Waals surface area contributed by atoms with Crippen molar-refractivity contribution in [3.63, 3.8) is 0 Å². The number of nitrogens with two attached hydrogens (primary N) is 1. The number of thiocarbonyl (C=S) groups is 1. The van der Waals surface area contributed by atoms with Gasteiger partial charge in [0.1, 0.15) is 16.4 Å². The van der Waals surface area contributed by atoms with Crippen molar-refractivity contribution >= 4 is 39.7 Å². The largest absolute Gasteiger partial charge is 0.497 e. The second-order valence-corrected chi connectivity index (χ2v) is 8.75. The van der Waals surface area contributed by atoms with Crippen LogP contribution in [0.25, 0.3) is 10.9 Å². The monoisotopic (exact) mass is 472 g/mol. The minimum absolute atomic E-state index is 0.144. The number of aromatic nitrogens is 1. The van der Waals surface area contributed by atoms with Crippen LogP contribution in [0.4, 0.5) is 5.69 Å². The van der Waals surface area contributed by atoms with Crippen LogP contribution in [-0.4, -0.2) is 36.7 Å². The number of fused-ring (bicyclic) bond motifs is 1. The smallest absolute Gasteiger partial charge is 0.268 e. The van der Waals surface area contributed by atoms with E-state index in [4.69, 9.17) is 22.7 Å². The van der Waals surface area contributed by atoms with Gasteiger partial charge in [0.05, 0.1) is 12.6 Å². The Morgan fingerprint density at radius 2 is 1.85 bits per heavy atom. The van der Waals surface area contributed by atoms with E-state index >= 15 is 0 Å². The summed E-state index contributed by atoms with van der Waals surface area (Å²) in [6.07, 6.45) is 0. The summed E-state index contributed by atoms with van der Waals surface area (Å²) < 4.78 is 7.44. The van der Waals surface area contributed by atoms with E-state index in [1.807, 2.05) is 96.4 Å². The molecule has 0 radical (unpaired) electrons. The van der Waals surface area contributed by atoms with Gasteiger partial charge in [-0.05, 0) is 41.5 Å². The lowest BCUT2D eigenvalue weighted by molar-refractivity contribution is 0.0942. The van der Waals surface area contributed by atoms with Gasteiger partial charge in [0.2, 0.25) is 0 Å². The van der Waals surface area contributed by atoms with E-state index in [0.29, 0.717) is 23.8 Å². The predicted molar refractivity (Wildman–Crippen MR) is 142 cm³/mol. The van der Waals surface area contributed by atoms with Crippen LogP contribution in [0.5, 0.6) is 5.75 Å². The van der Waals surface area contributed by atoms with Gasteiger partial charge in [0, 0.05) is 49.9 Å². The third-order valence-corrected chi connectivity index (χ3v) is 6.04. The predicted octanol–water partition coefficient (Wildman–Crippen LogP) is 4.33. The van der Waals surface area contributed by atoms with E-state index in [9.17, 15) is 4.79 Å². The van der Waals surface area contributed by atoms with Crippen LogP contribution in [0.1, 0.15) is 27.2 Å². The quantitative estimate of drug-likeness (QED) is 0.374. The van der Waals surface area contributed by atoms with Crippen LogP contribution >= 0.6 is 12.2 Å². The Morgan fingerprint density at radius 1 is 1.06 bits per heavy atom. The molecule has 0 aliphatic rings. The zero-order chi connectivity index (χ0) is 24.2. The molecule has 7 heteroatoms. The Labute approximate surface area is 204 Å². The van der Waals surface area contributed by atoms with Crippen LogP contribution in [0.3, 0.4) is 0 Å². The third-order valence-electron chi connectivity index (χ3n) is 5.81. The SMILES string of the molecule is COc1ccc2cc(C(=O)NCc3ccccc3N(C)C)n(Cc3cccc(C(N)=S)c3)c2c1. The summed E-state index contributed by atoms with van der Waals surface area (Å²) in [7, 11) is 5.62. The fraction of sp³-hybridized carbons (Fsp3) is 0.185. The molecule has 3 aromatic carbocycles. The number of methoxy groups -OCH3 is 1. The maximum Gasteiger partial charge on any atom is 0.268 e. The fourth-order valence-electron chi connectivity index (χ4n) is 4.09. The molecular weight excluding hydrogens is 444 g/mol. The molecule has 0 saturated carbocycles. The van der Waals surface area contributed by atoms with Crippen molar-refractivity contribution in [2.75, 3.05) is 26.1 Å². The van der Waals surface area contributed by atoms with Gasteiger partial charge in [-0.1, -0.05) is 48.6 Å². The number of nitrogens with zero attached hydrogens (tertiary/aromatic N) is 2. The van der Waals surface area contributed by atoms with Gasteiger partial charge in [-0.3, -0.25) is 4.79 Å². The average molecular weight is 473 g/mol. The van der Waals surface area contributed by atoms with Crippen molar-refractivity contribution in [1.82, 2.24) is 9.88 Å². The number of anilines is 1. The van der Waals surface area contributed by atoms with Gasteiger partial charge in [-0.25, -0.2) is 0 Å². The molecule has 1 aromatic heterocycles. The Kier molecular flexibility index (Phi) is 6.84. The Hall–Kier alpha value is -3.84. The molecule has 3 N–H and O–H groups in total. The number of carbonyl (C=O) groups is 1. The normalized spacial score (nSPS) is 10.8. The van der Waals surface area contributed by atoms with Gasteiger partial charge in [-0.2, -0.15) is 0 Å². The Morgan fingerprint density at radius 3 is 2.59 bits per heavy atom. The number of ether oxygens (including phenoxy) is 1. The molecule has 0 aliphatic heterocycles. The topological polar surface area (TPSA) is 72.5 Å². The molecule has 4 rings (SSSR count).